The Bertz CT molecular complexity index is 1620. The van der Waals surface area contributed by atoms with Crippen molar-refractivity contribution >= 4 is 0 Å². The van der Waals surface area contributed by atoms with Crippen molar-refractivity contribution in [2.75, 3.05) is 0 Å². The van der Waals surface area contributed by atoms with Crippen LogP contribution in [-0.4, -0.2) is 0 Å². The molecule has 0 unspecified atom stereocenters. The molecule has 0 radical (unpaired) electrons. The van der Waals surface area contributed by atoms with E-state index in [0.717, 1.165) is 46.6 Å². The van der Waals surface area contributed by atoms with Gasteiger partial charge in [-0.1, -0.05) is 164 Å². The van der Waals surface area contributed by atoms with E-state index in [-0.39, 0.29) is 5.82 Å². The molecule has 8 rings (SSSR count). The molecular weight excluding hydrogens is 644 g/mol. The molecule has 0 aliphatic heterocycles. The van der Waals surface area contributed by atoms with E-state index in [4.69, 9.17) is 0 Å². The molecule has 4 aromatic carbocycles. The van der Waals surface area contributed by atoms with Gasteiger partial charge in [0.15, 0.2) is 0 Å². The number of halogens is 1. The molecule has 0 amide bonds. The van der Waals surface area contributed by atoms with Crippen molar-refractivity contribution < 1.29 is 4.39 Å². The molecule has 0 heterocycles. The van der Waals surface area contributed by atoms with Crippen LogP contribution in [0.25, 0.3) is 22.3 Å². The molecule has 0 N–H and O–H groups in total. The van der Waals surface area contributed by atoms with E-state index >= 15 is 0 Å². The second-order valence-corrected chi connectivity index (χ2v) is 18.4. The predicted octanol–water partition coefficient (Wildman–Crippen LogP) is 16.0. The van der Waals surface area contributed by atoms with Gasteiger partial charge in [0.1, 0.15) is 5.82 Å². The molecule has 4 fully saturated rings. The Kier molecular flexibility index (Phi) is 12.9. The van der Waals surface area contributed by atoms with E-state index in [1.165, 1.54) is 125 Å². The lowest BCUT2D eigenvalue weighted by Gasteiger charge is -2.27. The van der Waals surface area contributed by atoms with E-state index in [1.54, 1.807) is 17.2 Å². The maximum absolute atomic E-state index is 14.9. The Morgan fingerprint density at radius 3 is 0.887 bits per heavy atom. The highest BCUT2D eigenvalue weighted by Crippen LogP contribution is 2.40. The van der Waals surface area contributed by atoms with E-state index in [2.05, 4.69) is 107 Å². The van der Waals surface area contributed by atoms with Gasteiger partial charge < -0.3 is 0 Å². The monoisotopic (exact) mass is 711 g/mol. The first kappa shape index (κ1) is 38.1. The highest BCUT2D eigenvalue weighted by molar-refractivity contribution is 5.65. The lowest BCUT2D eigenvalue weighted by atomic mass is 9.79. The fraction of sp³-hybridized carbons (Fsp3) is 0.538. The van der Waals surface area contributed by atoms with Crippen LogP contribution in [0.1, 0.15) is 176 Å². The van der Waals surface area contributed by atoms with Gasteiger partial charge in [0.05, 0.1) is 0 Å². The summed E-state index contributed by atoms with van der Waals surface area (Å²) in [4.78, 5) is 0. The minimum Gasteiger partial charge on any atom is -0.206 e. The van der Waals surface area contributed by atoms with Crippen LogP contribution in [0.3, 0.4) is 0 Å². The average Bonchev–Trinajstić information content (AvgIpc) is 3.20. The predicted molar refractivity (Wildman–Crippen MR) is 225 cm³/mol. The summed E-state index contributed by atoms with van der Waals surface area (Å²) < 4.78 is 14.9. The van der Waals surface area contributed by atoms with Gasteiger partial charge in [-0.15, -0.1) is 0 Å². The van der Waals surface area contributed by atoms with Crippen LogP contribution in [0.15, 0.2) is 91.0 Å². The van der Waals surface area contributed by atoms with Crippen molar-refractivity contribution in [1.29, 1.82) is 0 Å². The van der Waals surface area contributed by atoms with Gasteiger partial charge in [-0.2, -0.15) is 0 Å². The average molecular weight is 711 g/mol. The van der Waals surface area contributed by atoms with Gasteiger partial charge in [-0.25, -0.2) is 4.39 Å². The molecule has 0 spiro atoms. The van der Waals surface area contributed by atoms with Crippen LogP contribution < -0.4 is 0 Å². The molecule has 0 nitrogen and oxygen atoms in total. The summed E-state index contributed by atoms with van der Waals surface area (Å²) in [5.74, 6) is 6.31. The molecule has 0 bridgehead atoms. The molecule has 53 heavy (non-hydrogen) atoms. The Morgan fingerprint density at radius 1 is 0.321 bits per heavy atom. The first-order valence-electron chi connectivity index (χ1n) is 21.9. The minimum atomic E-state index is -0.0645. The van der Waals surface area contributed by atoms with Gasteiger partial charge in [0.2, 0.25) is 0 Å². The molecule has 4 aliphatic rings. The third-order valence-corrected chi connectivity index (χ3v) is 14.3. The van der Waals surface area contributed by atoms with Crippen LogP contribution in [0.2, 0.25) is 0 Å². The largest absolute Gasteiger partial charge is 0.206 e. The van der Waals surface area contributed by atoms with E-state index in [1.807, 2.05) is 6.07 Å². The summed E-state index contributed by atoms with van der Waals surface area (Å²) in [5, 5.41) is 0. The number of hydrogen-bond donors (Lipinski definition) is 0. The van der Waals surface area contributed by atoms with Crippen molar-refractivity contribution in [2.24, 2.45) is 23.7 Å². The van der Waals surface area contributed by atoms with Crippen molar-refractivity contribution in [3.63, 3.8) is 0 Å². The summed E-state index contributed by atoms with van der Waals surface area (Å²) in [6, 6.07) is 33.5. The van der Waals surface area contributed by atoms with Crippen molar-refractivity contribution in [3.05, 3.63) is 119 Å². The first-order valence-corrected chi connectivity index (χ1v) is 21.9. The Morgan fingerprint density at radius 2 is 0.585 bits per heavy atom. The summed E-state index contributed by atoms with van der Waals surface area (Å²) in [7, 11) is 0. The zero-order chi connectivity index (χ0) is 36.7. The Labute approximate surface area is 322 Å². The Balaban J connectivity index is 0.000000164. The van der Waals surface area contributed by atoms with Crippen LogP contribution in [0, 0.1) is 29.5 Å². The van der Waals surface area contributed by atoms with Crippen LogP contribution >= 0.6 is 0 Å². The molecule has 0 saturated heterocycles. The molecule has 0 aromatic heterocycles. The molecular formula is C52H67F. The molecule has 0 atom stereocenters. The maximum atomic E-state index is 14.9. The number of hydrogen-bond acceptors (Lipinski definition) is 0. The third-order valence-electron chi connectivity index (χ3n) is 14.3. The Hall–Kier alpha value is -3.19. The summed E-state index contributed by atoms with van der Waals surface area (Å²) in [5.41, 5.74) is 10.2. The maximum Gasteiger partial charge on any atom is 0.131 e. The molecule has 4 aromatic rings. The van der Waals surface area contributed by atoms with Gasteiger partial charge in [0, 0.05) is 5.56 Å². The number of benzene rings is 4. The SMILES string of the molecule is CC1CCC(c2ccc(-c3ccc(C4CCC(C)CC4)cc3)cc2)CC1.CC1CCC(c2ccc(-c3ccc(C4CCC(C)CC4)cc3F)cc2)CC1. The topological polar surface area (TPSA) is 0 Å². The fourth-order valence-corrected chi connectivity index (χ4v) is 10.2. The fourth-order valence-electron chi connectivity index (χ4n) is 10.2. The summed E-state index contributed by atoms with van der Waals surface area (Å²) >= 11 is 0. The number of rotatable bonds is 6. The standard InChI is InChI=1S/C26H33F.C26H34/c1-18-3-7-20(8-4-18)21-11-13-23(14-12-21)25-16-15-24(17-26(25)27)22-9-5-19(2)6-10-22;1-19-3-7-21(8-4-19)23-11-15-25(16-12-23)26-17-13-24(14-18-26)22-9-5-20(2)6-10-22/h11-20,22H,3-10H2,1-2H3;11-22H,3-10H2,1-2H3. The van der Waals surface area contributed by atoms with Gasteiger partial charge >= 0.3 is 0 Å². The summed E-state index contributed by atoms with van der Waals surface area (Å²) in [6.07, 6.45) is 21.3. The highest BCUT2D eigenvalue weighted by atomic mass is 19.1. The van der Waals surface area contributed by atoms with Crippen LogP contribution in [-0.2, 0) is 0 Å². The highest BCUT2D eigenvalue weighted by Gasteiger charge is 2.23. The normalized spacial score (nSPS) is 29.2. The van der Waals surface area contributed by atoms with Gasteiger partial charge in [-0.3, -0.25) is 0 Å². The second kappa shape index (κ2) is 18.0. The lowest BCUT2D eigenvalue weighted by molar-refractivity contribution is 0.347. The van der Waals surface area contributed by atoms with Gasteiger partial charge in [0.25, 0.3) is 0 Å². The molecule has 4 aliphatic carbocycles. The van der Waals surface area contributed by atoms with E-state index in [0.29, 0.717) is 11.8 Å². The molecule has 1 heteroatoms. The third kappa shape index (κ3) is 9.92. The lowest BCUT2D eigenvalue weighted by Crippen LogP contribution is -2.11. The zero-order valence-electron chi connectivity index (χ0n) is 33.5. The molecule has 282 valence electrons. The van der Waals surface area contributed by atoms with Crippen LogP contribution in [0.4, 0.5) is 4.39 Å². The smallest absolute Gasteiger partial charge is 0.131 e. The summed E-state index contributed by atoms with van der Waals surface area (Å²) in [6.45, 7) is 9.49. The minimum absolute atomic E-state index is 0.0645. The molecule has 4 saturated carbocycles. The first-order chi connectivity index (χ1) is 25.8. The zero-order valence-corrected chi connectivity index (χ0v) is 33.5. The van der Waals surface area contributed by atoms with Gasteiger partial charge in [-0.05, 0) is 144 Å². The van der Waals surface area contributed by atoms with Crippen LogP contribution in [0.5, 0.6) is 0 Å². The van der Waals surface area contributed by atoms with E-state index in [9.17, 15) is 4.39 Å². The van der Waals surface area contributed by atoms with Crippen molar-refractivity contribution in [3.8, 4) is 22.3 Å². The second-order valence-electron chi connectivity index (χ2n) is 18.4. The quantitative estimate of drug-likeness (QED) is 0.187. The van der Waals surface area contributed by atoms with Crippen molar-refractivity contribution in [2.45, 2.75) is 154 Å². The van der Waals surface area contributed by atoms with E-state index < -0.39 is 0 Å². The van der Waals surface area contributed by atoms with Crippen molar-refractivity contribution in [1.82, 2.24) is 0 Å².